The van der Waals surface area contributed by atoms with E-state index in [1.54, 1.807) is 23.1 Å². The van der Waals surface area contributed by atoms with Crippen LogP contribution >= 0.6 is 11.6 Å². The molecule has 0 spiro atoms. The fraction of sp³-hybridized carbons (Fsp3) is 0.167. The van der Waals surface area contributed by atoms with E-state index in [4.69, 9.17) is 28.1 Å². The first-order valence-corrected chi connectivity index (χ1v) is 11.2. The van der Waals surface area contributed by atoms with Crippen molar-refractivity contribution in [2.24, 2.45) is 0 Å². The number of nitrogens with two attached hydrogens (primary N) is 2. The number of benzene rings is 2. The van der Waals surface area contributed by atoms with Gasteiger partial charge >= 0.3 is 0 Å². The van der Waals surface area contributed by atoms with Crippen LogP contribution in [-0.2, 0) is 0 Å². The number of nitriles is 2. The Morgan fingerprint density at radius 3 is 2.67 bits per heavy atom. The monoisotopic (exact) mass is 501 g/mol. The van der Waals surface area contributed by atoms with Crippen molar-refractivity contribution < 1.29 is 4.39 Å². The van der Waals surface area contributed by atoms with Gasteiger partial charge in [0.15, 0.2) is 5.82 Å². The van der Waals surface area contributed by atoms with Crippen molar-refractivity contribution in [3.63, 3.8) is 0 Å². The van der Waals surface area contributed by atoms with Crippen LogP contribution in [-0.4, -0.2) is 26.1 Å². The highest BCUT2D eigenvalue weighted by Gasteiger charge is 2.34. The van der Waals surface area contributed by atoms with E-state index >= 15 is 0 Å². The molecule has 178 valence electrons. The molecule has 1 saturated heterocycles. The summed E-state index contributed by atoms with van der Waals surface area (Å²) >= 11 is 6.35. The van der Waals surface area contributed by atoms with Gasteiger partial charge in [-0.1, -0.05) is 17.7 Å². The summed E-state index contributed by atoms with van der Waals surface area (Å²) in [5, 5.41) is 19.4. The molecule has 0 saturated carbocycles. The molecule has 3 heterocycles. The van der Waals surface area contributed by atoms with Crippen LogP contribution < -0.4 is 21.9 Å². The second-order valence-corrected chi connectivity index (χ2v) is 8.59. The maximum absolute atomic E-state index is 14.5. The van der Waals surface area contributed by atoms with Crippen LogP contribution in [0.3, 0.4) is 0 Å². The smallest absolute Gasteiger partial charge is 0.267 e. The molecular formula is C24H17ClFN9O. The first-order chi connectivity index (χ1) is 17.3. The molecule has 0 bridgehead atoms. The highest BCUT2D eigenvalue weighted by molar-refractivity contribution is 6.35. The average Bonchev–Trinajstić information content (AvgIpc) is 3.32. The van der Waals surface area contributed by atoms with Crippen LogP contribution in [0.25, 0.3) is 16.6 Å². The van der Waals surface area contributed by atoms with Gasteiger partial charge in [-0.25, -0.2) is 9.37 Å². The largest absolute Gasteiger partial charge is 0.382 e. The number of hydrogen-bond acceptors (Lipinski definition) is 9. The highest BCUT2D eigenvalue weighted by Crippen LogP contribution is 2.38. The molecule has 0 radical (unpaired) electrons. The lowest BCUT2D eigenvalue weighted by atomic mass is 10.1. The summed E-state index contributed by atoms with van der Waals surface area (Å²) in [5.41, 5.74) is 11.8. The third-order valence-electron chi connectivity index (χ3n) is 6.01. The van der Waals surface area contributed by atoms with E-state index < -0.39 is 17.4 Å². The first kappa shape index (κ1) is 23.0. The molecule has 0 unspecified atom stereocenters. The molecule has 5 rings (SSSR count). The topological polar surface area (TPSA) is 164 Å². The number of nitrogen functional groups attached to an aromatic ring is 2. The number of nitrogens with zero attached hydrogens (tertiary/aromatic N) is 7. The molecule has 4 aromatic rings. The van der Waals surface area contributed by atoms with Gasteiger partial charge < -0.3 is 16.4 Å². The lowest BCUT2D eigenvalue weighted by molar-refractivity contribution is 0.616. The van der Waals surface area contributed by atoms with Gasteiger partial charge in [0.05, 0.1) is 39.3 Å². The van der Waals surface area contributed by atoms with Gasteiger partial charge in [-0.3, -0.25) is 9.36 Å². The first-order valence-electron chi connectivity index (χ1n) is 10.8. The van der Waals surface area contributed by atoms with Crippen molar-refractivity contribution >= 4 is 40.1 Å². The third-order valence-corrected chi connectivity index (χ3v) is 6.33. The molecule has 12 heteroatoms. The fourth-order valence-corrected chi connectivity index (χ4v) is 4.79. The second kappa shape index (κ2) is 8.80. The van der Waals surface area contributed by atoms with Gasteiger partial charge in [-0.15, -0.1) is 0 Å². The Bertz CT molecular complexity index is 1690. The van der Waals surface area contributed by atoms with E-state index in [1.807, 2.05) is 12.1 Å². The predicted octanol–water partition coefficient (Wildman–Crippen LogP) is 3.22. The molecular weight excluding hydrogens is 485 g/mol. The molecule has 10 nitrogen and oxygen atoms in total. The molecule has 1 fully saturated rings. The summed E-state index contributed by atoms with van der Waals surface area (Å²) < 4.78 is 15.7. The Morgan fingerprint density at radius 1 is 1.11 bits per heavy atom. The minimum Gasteiger partial charge on any atom is -0.382 e. The Hall–Kier alpha value is -4.74. The highest BCUT2D eigenvalue weighted by atomic mass is 35.5. The van der Waals surface area contributed by atoms with E-state index in [0.717, 1.165) is 12.1 Å². The van der Waals surface area contributed by atoms with Crippen LogP contribution in [0.15, 0.2) is 41.2 Å². The van der Waals surface area contributed by atoms with Crippen LogP contribution in [0.2, 0.25) is 5.02 Å². The second-order valence-electron chi connectivity index (χ2n) is 8.18. The number of hydrogen-bond donors (Lipinski definition) is 2. The Balaban J connectivity index is 1.82. The third kappa shape index (κ3) is 3.72. The minimum atomic E-state index is -0.687. The number of halogens is 2. The number of fused-ring (bicyclic) bond motifs is 1. The zero-order valence-corrected chi connectivity index (χ0v) is 19.4. The maximum Gasteiger partial charge on any atom is 0.267 e. The summed E-state index contributed by atoms with van der Waals surface area (Å²) in [6, 6.07) is 11.9. The molecule has 1 aliphatic heterocycles. The molecule has 1 aliphatic rings. The Kier molecular flexibility index (Phi) is 5.63. The van der Waals surface area contributed by atoms with Crippen molar-refractivity contribution in [2.45, 2.75) is 18.9 Å². The van der Waals surface area contributed by atoms with Gasteiger partial charge in [0.25, 0.3) is 5.56 Å². The van der Waals surface area contributed by atoms with E-state index in [2.05, 4.69) is 9.97 Å². The number of rotatable bonds is 3. The standard InChI is InChI=1S/C24H17ClFN9O/c25-16-3-1-4-17-19(16)23(36)35(14-8-12(10-27)7-13(26)9-14)22(31-17)18-5-2-6-34(18)21-15(11-28)20(29)32-24(30)33-21/h1,3-4,7-9,18H,2,5-6H2,(H4,29,30,32,33)/t18-/m0/s1. The minimum absolute atomic E-state index is 0.0356. The van der Waals surface area contributed by atoms with Gasteiger partial charge in [0.1, 0.15) is 29.1 Å². The van der Waals surface area contributed by atoms with E-state index in [1.165, 1.54) is 10.6 Å². The number of anilines is 3. The normalized spacial score (nSPS) is 15.1. The maximum atomic E-state index is 14.5. The molecule has 4 N–H and O–H groups in total. The lowest BCUT2D eigenvalue weighted by Crippen LogP contribution is -2.32. The summed E-state index contributed by atoms with van der Waals surface area (Å²) in [7, 11) is 0. The van der Waals surface area contributed by atoms with Crippen molar-refractivity contribution in [3.05, 3.63) is 74.5 Å². The SMILES string of the molecule is N#Cc1cc(F)cc(-n2c([C@@H]3CCCN3c3nc(N)nc(N)c3C#N)nc3cccc(Cl)c3c2=O)c1. The van der Waals surface area contributed by atoms with Gasteiger partial charge in [0.2, 0.25) is 5.95 Å². The number of aromatic nitrogens is 4. The summed E-state index contributed by atoms with van der Waals surface area (Å²) in [6.45, 7) is 0.464. The fourth-order valence-electron chi connectivity index (χ4n) is 4.53. The zero-order chi connectivity index (χ0) is 25.6. The summed E-state index contributed by atoms with van der Waals surface area (Å²) in [6.07, 6.45) is 1.21. The van der Waals surface area contributed by atoms with Crippen LogP contribution in [0.5, 0.6) is 0 Å². The lowest BCUT2D eigenvalue weighted by Gasteiger charge is -2.28. The van der Waals surface area contributed by atoms with Crippen LogP contribution in [0, 0.1) is 28.5 Å². The molecule has 0 amide bonds. The van der Waals surface area contributed by atoms with Gasteiger partial charge in [0, 0.05) is 6.54 Å². The average molecular weight is 502 g/mol. The van der Waals surface area contributed by atoms with Gasteiger partial charge in [-0.05, 0) is 43.2 Å². The predicted molar refractivity (Wildman–Crippen MR) is 132 cm³/mol. The molecule has 2 aromatic carbocycles. The van der Waals surface area contributed by atoms with E-state index in [0.29, 0.717) is 24.9 Å². The zero-order valence-electron chi connectivity index (χ0n) is 18.6. The van der Waals surface area contributed by atoms with E-state index in [9.17, 15) is 19.7 Å². The molecule has 0 aliphatic carbocycles. The van der Waals surface area contributed by atoms with Crippen molar-refractivity contribution in [1.29, 1.82) is 10.5 Å². The molecule has 36 heavy (non-hydrogen) atoms. The quantitative estimate of drug-likeness (QED) is 0.428. The van der Waals surface area contributed by atoms with Crippen molar-refractivity contribution in [3.8, 4) is 17.8 Å². The Labute approximate surface area is 208 Å². The van der Waals surface area contributed by atoms with Crippen LogP contribution in [0.1, 0.15) is 35.8 Å². The van der Waals surface area contributed by atoms with Gasteiger partial charge in [-0.2, -0.15) is 20.5 Å². The van der Waals surface area contributed by atoms with Crippen molar-refractivity contribution in [1.82, 2.24) is 19.5 Å². The Morgan fingerprint density at radius 2 is 1.92 bits per heavy atom. The van der Waals surface area contributed by atoms with Crippen molar-refractivity contribution in [2.75, 3.05) is 22.9 Å². The molecule has 1 atom stereocenters. The van der Waals surface area contributed by atoms with Crippen LogP contribution in [0.4, 0.5) is 22.0 Å². The summed E-state index contributed by atoms with van der Waals surface area (Å²) in [5.74, 6) is -0.375. The molecule has 2 aromatic heterocycles. The summed E-state index contributed by atoms with van der Waals surface area (Å²) in [4.78, 5) is 28.5. The van der Waals surface area contributed by atoms with E-state index in [-0.39, 0.29) is 50.6 Å².